The Morgan fingerprint density at radius 3 is 2.43 bits per heavy atom. The molecule has 0 aromatic heterocycles. The number of allylic oxidation sites excluding steroid dienone is 2. The van der Waals surface area contributed by atoms with Gasteiger partial charge < -0.3 is 10.1 Å². The lowest BCUT2D eigenvalue weighted by molar-refractivity contribution is 0.272. The van der Waals surface area contributed by atoms with Crippen molar-refractivity contribution in [2.45, 2.75) is 13.8 Å². The first kappa shape index (κ1) is 16.0. The Morgan fingerprint density at radius 2 is 1.90 bits per heavy atom. The number of nitrogens with one attached hydrogen (secondary N) is 1. The van der Waals surface area contributed by atoms with E-state index in [4.69, 9.17) is 20.5 Å². The summed E-state index contributed by atoms with van der Waals surface area (Å²) in [5.74, 6) is 0.0814. The van der Waals surface area contributed by atoms with E-state index in [0.29, 0.717) is 12.4 Å². The van der Waals surface area contributed by atoms with Gasteiger partial charge in [0.05, 0.1) is 12.3 Å². The third-order valence-corrected chi connectivity index (χ3v) is 2.36. The molecule has 0 atom stereocenters. The first-order chi connectivity index (χ1) is 10.0. The van der Waals surface area contributed by atoms with Crippen LogP contribution in [0.15, 0.2) is 29.5 Å². The van der Waals surface area contributed by atoms with E-state index >= 15 is 0 Å². The topological polar surface area (TPSA) is 92.6 Å². The third kappa shape index (κ3) is 4.53. The molecule has 0 aliphatic rings. The average Bonchev–Trinajstić information content (AvgIpc) is 2.46. The van der Waals surface area contributed by atoms with Crippen molar-refractivity contribution < 1.29 is 9.13 Å². The number of hydrogen-bond donors (Lipinski definition) is 1. The maximum atomic E-state index is 13.3. The second-order valence-electron chi connectivity index (χ2n) is 4.56. The molecule has 0 unspecified atom stereocenters. The molecule has 21 heavy (non-hydrogen) atoms. The van der Waals surface area contributed by atoms with Gasteiger partial charge in [0.1, 0.15) is 35.5 Å². The van der Waals surface area contributed by atoms with E-state index in [1.165, 1.54) is 12.1 Å². The highest BCUT2D eigenvalue weighted by molar-refractivity contribution is 5.64. The molecule has 0 saturated heterocycles. The lowest BCUT2D eigenvalue weighted by Gasteiger charge is -2.14. The van der Waals surface area contributed by atoms with Gasteiger partial charge in [-0.25, -0.2) is 4.39 Å². The van der Waals surface area contributed by atoms with E-state index in [1.807, 2.05) is 13.8 Å². The molecule has 1 N–H and O–H groups in total. The summed E-state index contributed by atoms with van der Waals surface area (Å²) in [6.45, 7) is 4.33. The largest absolute Gasteiger partial charge is 0.491 e. The fourth-order valence-corrected chi connectivity index (χ4v) is 1.40. The summed E-state index contributed by atoms with van der Waals surface area (Å²) in [5, 5.41) is 29.1. The smallest absolute Gasteiger partial charge is 0.163 e. The molecule has 0 heterocycles. The summed E-state index contributed by atoms with van der Waals surface area (Å²) >= 11 is 0. The van der Waals surface area contributed by atoms with Crippen LogP contribution in [0.5, 0.6) is 5.75 Å². The first-order valence-corrected chi connectivity index (χ1v) is 6.15. The Hall–Kier alpha value is -3.04. The minimum Gasteiger partial charge on any atom is -0.491 e. The monoisotopic (exact) mass is 284 g/mol. The van der Waals surface area contributed by atoms with Gasteiger partial charge in [-0.05, 0) is 18.1 Å². The predicted octanol–water partition coefficient (Wildman–Crippen LogP) is 3.10. The highest BCUT2D eigenvalue weighted by Gasteiger charge is 2.11. The van der Waals surface area contributed by atoms with Gasteiger partial charge in [-0.2, -0.15) is 15.8 Å². The Labute approximate surface area is 122 Å². The van der Waals surface area contributed by atoms with Crippen LogP contribution in [0, 0.1) is 45.7 Å². The average molecular weight is 284 g/mol. The molecule has 0 aliphatic carbocycles. The predicted molar refractivity (Wildman–Crippen MR) is 74.2 cm³/mol. The molecule has 0 fully saturated rings. The summed E-state index contributed by atoms with van der Waals surface area (Å²) in [6.07, 6.45) is 0. The molecule has 5 nitrogen and oxygen atoms in total. The van der Waals surface area contributed by atoms with E-state index in [9.17, 15) is 4.39 Å². The number of nitriles is 3. The Morgan fingerprint density at radius 1 is 1.24 bits per heavy atom. The zero-order chi connectivity index (χ0) is 15.8. The lowest BCUT2D eigenvalue weighted by Crippen LogP contribution is -2.08. The summed E-state index contributed by atoms with van der Waals surface area (Å²) in [7, 11) is 0. The van der Waals surface area contributed by atoms with Crippen molar-refractivity contribution in [2.24, 2.45) is 5.92 Å². The summed E-state index contributed by atoms with van der Waals surface area (Å²) < 4.78 is 18.9. The summed E-state index contributed by atoms with van der Waals surface area (Å²) in [6, 6.07) is 8.71. The minimum atomic E-state index is -0.526. The normalized spacial score (nSPS) is 9.19. The van der Waals surface area contributed by atoms with Crippen molar-refractivity contribution in [3.63, 3.8) is 0 Å². The highest BCUT2D eigenvalue weighted by Crippen LogP contribution is 2.27. The molecule has 0 radical (unpaired) electrons. The van der Waals surface area contributed by atoms with Crippen molar-refractivity contribution in [3.05, 3.63) is 35.3 Å². The van der Waals surface area contributed by atoms with Gasteiger partial charge >= 0.3 is 0 Å². The van der Waals surface area contributed by atoms with Gasteiger partial charge in [0.15, 0.2) is 5.57 Å². The first-order valence-electron chi connectivity index (χ1n) is 6.15. The van der Waals surface area contributed by atoms with Crippen LogP contribution < -0.4 is 10.1 Å². The van der Waals surface area contributed by atoms with Crippen molar-refractivity contribution in [1.82, 2.24) is 0 Å². The molecule has 0 amide bonds. The number of nitrogens with zero attached hydrogens (tertiary/aromatic N) is 3. The molecule has 106 valence electrons. The van der Waals surface area contributed by atoms with Gasteiger partial charge in [0.2, 0.25) is 0 Å². The number of benzene rings is 1. The van der Waals surface area contributed by atoms with E-state index in [-0.39, 0.29) is 22.9 Å². The van der Waals surface area contributed by atoms with Crippen molar-refractivity contribution in [2.75, 3.05) is 11.9 Å². The second kappa shape index (κ2) is 7.53. The Balaban J connectivity index is 3.15. The summed E-state index contributed by atoms with van der Waals surface area (Å²) in [4.78, 5) is 0. The Bertz CT molecular complexity index is 658. The van der Waals surface area contributed by atoms with Crippen LogP contribution >= 0.6 is 0 Å². The fourth-order valence-electron chi connectivity index (χ4n) is 1.40. The molecule has 0 aliphatic heterocycles. The van der Waals surface area contributed by atoms with Crippen molar-refractivity contribution >= 4 is 5.69 Å². The molecule has 0 saturated carbocycles. The van der Waals surface area contributed by atoms with E-state index in [0.717, 1.165) is 6.07 Å². The van der Waals surface area contributed by atoms with Crippen LogP contribution in [-0.4, -0.2) is 6.61 Å². The van der Waals surface area contributed by atoms with Crippen molar-refractivity contribution in [1.29, 1.82) is 15.8 Å². The molecular formula is C15H13FN4O. The molecule has 0 spiro atoms. The van der Waals surface area contributed by atoms with Gasteiger partial charge in [0, 0.05) is 6.07 Å². The molecule has 6 heteroatoms. The standard InChI is InChI=1S/C15H13FN4O/c1-10(2)9-21-15-4-3-12(16)5-13(15)20-14(8-19)11(6-17)7-18/h3-5,10,20H,9H2,1-2H3. The van der Waals surface area contributed by atoms with Gasteiger partial charge in [0.25, 0.3) is 0 Å². The SMILES string of the molecule is CC(C)COc1ccc(F)cc1NC(C#N)=C(C#N)C#N. The maximum Gasteiger partial charge on any atom is 0.163 e. The third-order valence-electron chi connectivity index (χ3n) is 2.36. The number of ether oxygens (including phenoxy) is 1. The van der Waals surface area contributed by atoms with Gasteiger partial charge in [-0.3, -0.25) is 0 Å². The van der Waals surface area contributed by atoms with Crippen molar-refractivity contribution in [3.8, 4) is 24.0 Å². The lowest BCUT2D eigenvalue weighted by atomic mass is 10.2. The molecule has 0 bridgehead atoms. The Kier molecular flexibility index (Phi) is 5.74. The molecular weight excluding hydrogens is 271 g/mol. The van der Waals surface area contributed by atoms with E-state index in [2.05, 4.69) is 5.32 Å². The van der Waals surface area contributed by atoms with Crippen LogP contribution in [-0.2, 0) is 0 Å². The number of hydrogen-bond acceptors (Lipinski definition) is 5. The van der Waals surface area contributed by atoms with Crippen LogP contribution in [0.3, 0.4) is 0 Å². The van der Waals surface area contributed by atoms with Gasteiger partial charge in [-0.1, -0.05) is 13.8 Å². The number of anilines is 1. The summed E-state index contributed by atoms with van der Waals surface area (Å²) in [5.41, 5.74) is -0.438. The molecule has 1 rings (SSSR count). The minimum absolute atomic E-state index is 0.190. The van der Waals surface area contributed by atoms with Gasteiger partial charge in [-0.15, -0.1) is 0 Å². The number of halogens is 1. The molecule has 1 aromatic rings. The van der Waals surface area contributed by atoms with Crippen LogP contribution in [0.2, 0.25) is 0 Å². The highest BCUT2D eigenvalue weighted by atomic mass is 19.1. The maximum absolute atomic E-state index is 13.3. The van der Waals surface area contributed by atoms with Crippen LogP contribution in [0.1, 0.15) is 13.8 Å². The van der Waals surface area contributed by atoms with Crippen LogP contribution in [0.25, 0.3) is 0 Å². The quantitative estimate of drug-likeness (QED) is 0.838. The second-order valence-corrected chi connectivity index (χ2v) is 4.56. The van der Waals surface area contributed by atoms with Crippen LogP contribution in [0.4, 0.5) is 10.1 Å². The molecule has 1 aromatic carbocycles. The number of rotatable bonds is 5. The van der Waals surface area contributed by atoms with E-state index < -0.39 is 5.82 Å². The zero-order valence-corrected chi connectivity index (χ0v) is 11.6. The zero-order valence-electron chi connectivity index (χ0n) is 11.6. The van der Waals surface area contributed by atoms with E-state index in [1.54, 1.807) is 18.2 Å². The fraction of sp³-hybridized carbons (Fsp3) is 0.267.